The Balaban J connectivity index is 1.21. The summed E-state index contributed by atoms with van der Waals surface area (Å²) < 4.78 is 67.9. The maximum Gasteiger partial charge on any atom is 0.338 e. The molecule has 10 atom stereocenters. The van der Waals surface area contributed by atoms with E-state index >= 15 is 0 Å². The fourth-order valence-corrected chi connectivity index (χ4v) is 9.20. The third-order valence-corrected chi connectivity index (χ3v) is 13.6. The number of hydrogen-bond donors (Lipinski definition) is 1. The molecule has 0 bridgehead atoms. The second-order valence-corrected chi connectivity index (χ2v) is 19.4. The Morgan fingerprint density at radius 3 is 1.14 bits per heavy atom. The minimum absolute atomic E-state index is 0.0204. The lowest BCUT2D eigenvalue weighted by Crippen LogP contribution is -2.67. The van der Waals surface area contributed by atoms with Crippen LogP contribution in [-0.2, 0) is 56.9 Å². The van der Waals surface area contributed by atoms with Gasteiger partial charge in [0.1, 0.15) is 37.6 Å². The van der Waals surface area contributed by atoms with E-state index in [1.807, 2.05) is 0 Å². The molecule has 0 aliphatic carbocycles. The van der Waals surface area contributed by atoms with Crippen molar-refractivity contribution < 1.29 is 90.8 Å². The molecule has 6 aromatic carbocycles. The maximum atomic E-state index is 14.6. The second kappa shape index (κ2) is 31.0. The molecule has 2 saturated heterocycles. The van der Waals surface area contributed by atoms with Crippen molar-refractivity contribution in [3.8, 4) is 0 Å². The number of benzene rings is 6. The summed E-state index contributed by atoms with van der Waals surface area (Å²) in [5.41, 5.74) is 0.540. The summed E-state index contributed by atoms with van der Waals surface area (Å²) >= 11 is 0. The van der Waals surface area contributed by atoms with Gasteiger partial charge in [-0.25, -0.2) is 28.8 Å². The molecule has 2 aliphatic heterocycles. The number of carbonyl (C=O) groups excluding carboxylic acids is 7. The number of methoxy groups -OCH3 is 1. The van der Waals surface area contributed by atoms with Gasteiger partial charge in [0, 0.05) is 13.0 Å². The highest BCUT2D eigenvalue weighted by molar-refractivity contribution is 5.92. The monoisotopic (exact) mass is 1140 g/mol. The van der Waals surface area contributed by atoms with Crippen LogP contribution in [0.2, 0.25) is 0 Å². The average molecular weight is 1140 g/mol. The summed E-state index contributed by atoms with van der Waals surface area (Å²) in [5.74, 6) is -5.68. The minimum atomic E-state index is -1.99. The lowest BCUT2D eigenvalue weighted by atomic mass is 9.95. The highest BCUT2D eigenvalue weighted by atomic mass is 16.8. The Morgan fingerprint density at radius 2 is 0.723 bits per heavy atom. The molecule has 8 rings (SSSR count). The molecule has 19 heteroatoms. The van der Waals surface area contributed by atoms with Gasteiger partial charge in [0.05, 0.1) is 40.5 Å². The normalized spacial score (nSPS) is 22.0. The van der Waals surface area contributed by atoms with Gasteiger partial charge in [0.2, 0.25) is 0 Å². The SMILES string of the molecule is COC(=O)CCCCCCCCO[C@@H]1O[C@H](COC(=O)c2ccccc2)[C@@H](O[C@@H]2O[C@H](COC(=O)c3ccccc3)[C@H](O)[C@H](OC(=O)c3ccccc3)[C@H]2OC(=O)c2ccccc2)[C@H](OC(=O)c2ccccc2)[C@H]1OC(=O)c1ccccc1. The molecule has 1 N–H and O–H groups in total. The van der Waals surface area contributed by atoms with Crippen LogP contribution in [0.1, 0.15) is 107 Å². The Kier molecular flexibility index (Phi) is 22.6. The van der Waals surface area contributed by atoms with E-state index in [1.54, 1.807) is 109 Å². The van der Waals surface area contributed by atoms with Crippen LogP contribution in [0.4, 0.5) is 0 Å². The molecule has 6 aromatic rings. The van der Waals surface area contributed by atoms with Crippen LogP contribution in [-0.4, -0.2) is 135 Å². The van der Waals surface area contributed by atoms with Gasteiger partial charge < -0.3 is 57.2 Å². The molecule has 434 valence electrons. The predicted octanol–water partition coefficient (Wildman–Crippen LogP) is 8.72. The van der Waals surface area contributed by atoms with Gasteiger partial charge in [-0.3, -0.25) is 4.79 Å². The first-order valence-electron chi connectivity index (χ1n) is 27.3. The van der Waals surface area contributed by atoms with Crippen LogP contribution >= 0.6 is 0 Å². The van der Waals surface area contributed by atoms with E-state index in [-0.39, 0.29) is 46.0 Å². The van der Waals surface area contributed by atoms with Gasteiger partial charge in [-0.05, 0) is 85.6 Å². The molecule has 0 aromatic heterocycles. The quantitative estimate of drug-likeness (QED) is 0.0303. The molecule has 2 fully saturated rings. The van der Waals surface area contributed by atoms with Crippen LogP contribution in [0.15, 0.2) is 182 Å². The summed E-state index contributed by atoms with van der Waals surface area (Å²) in [6.07, 6.45) is -13.1. The van der Waals surface area contributed by atoms with Gasteiger partial charge in [-0.1, -0.05) is 135 Å². The Hall–Kier alpha value is -8.59. The van der Waals surface area contributed by atoms with E-state index in [2.05, 4.69) is 0 Å². The van der Waals surface area contributed by atoms with Crippen molar-refractivity contribution in [1.82, 2.24) is 0 Å². The Bertz CT molecular complexity index is 3020. The highest BCUT2D eigenvalue weighted by Crippen LogP contribution is 2.36. The molecule has 0 unspecified atom stereocenters. The van der Waals surface area contributed by atoms with Crippen molar-refractivity contribution in [3.05, 3.63) is 215 Å². The van der Waals surface area contributed by atoms with Crippen molar-refractivity contribution in [2.45, 2.75) is 106 Å². The van der Waals surface area contributed by atoms with E-state index in [0.717, 1.165) is 19.3 Å². The molecule has 0 amide bonds. The van der Waals surface area contributed by atoms with Crippen LogP contribution in [0.3, 0.4) is 0 Å². The molecule has 0 spiro atoms. The molecule has 2 heterocycles. The number of hydrogen-bond acceptors (Lipinski definition) is 19. The Labute approximate surface area is 479 Å². The summed E-state index contributed by atoms with van der Waals surface area (Å²) in [4.78, 5) is 96.2. The van der Waals surface area contributed by atoms with Crippen molar-refractivity contribution in [3.63, 3.8) is 0 Å². The molecule has 83 heavy (non-hydrogen) atoms. The molecule has 2 aliphatic rings. The first-order valence-corrected chi connectivity index (χ1v) is 27.3. The third-order valence-electron chi connectivity index (χ3n) is 13.6. The van der Waals surface area contributed by atoms with Gasteiger partial charge >= 0.3 is 41.8 Å². The first kappa shape index (κ1) is 60.5. The van der Waals surface area contributed by atoms with Crippen LogP contribution in [0.5, 0.6) is 0 Å². The standard InChI is InChI=1S/C64H64O19/c1-73-50(65)38-24-4-2-3-5-25-39-74-63-56(82-62(72)47-36-22-11-23-37-47)54(80-60(70)45-32-18-9-19-33-45)52(49(78-63)41-76-58(68)43-28-14-7-15-29-43)83-64-55(81-61(71)46-34-20-10-21-35-46)53(79-59(69)44-30-16-8-17-31-44)51(66)48(77-64)40-75-57(67)42-26-12-6-13-27-42/h6-23,26-37,48-49,51-56,63-64,66H,2-5,24-25,38-41H2,1H3/t48-,49-,51+,52-,53+,54+,55-,56-,63-,64+/m1/s1. The number of unbranched alkanes of at least 4 members (excludes halogenated alkanes) is 5. The minimum Gasteiger partial charge on any atom is -0.469 e. The van der Waals surface area contributed by atoms with E-state index in [9.17, 15) is 38.7 Å². The fraction of sp³-hybridized carbons (Fsp3) is 0.328. The second-order valence-electron chi connectivity index (χ2n) is 19.4. The fourth-order valence-electron chi connectivity index (χ4n) is 9.20. The lowest BCUT2D eigenvalue weighted by Gasteiger charge is -2.48. The third kappa shape index (κ3) is 17.2. The van der Waals surface area contributed by atoms with Gasteiger partial charge in [-0.2, -0.15) is 0 Å². The number of esters is 7. The molecular formula is C64H64O19. The number of aliphatic hydroxyl groups is 1. The van der Waals surface area contributed by atoms with Crippen molar-refractivity contribution in [1.29, 1.82) is 0 Å². The number of aliphatic hydroxyl groups excluding tert-OH is 1. The maximum absolute atomic E-state index is 14.6. The van der Waals surface area contributed by atoms with Crippen LogP contribution < -0.4 is 0 Å². The topological polar surface area (TPSA) is 241 Å². The largest absolute Gasteiger partial charge is 0.469 e. The summed E-state index contributed by atoms with van der Waals surface area (Å²) in [7, 11) is 1.35. The van der Waals surface area contributed by atoms with Crippen molar-refractivity contribution in [2.24, 2.45) is 0 Å². The van der Waals surface area contributed by atoms with E-state index < -0.39 is 110 Å². The average Bonchev–Trinajstić information content (AvgIpc) is 3.68. The van der Waals surface area contributed by atoms with Crippen LogP contribution in [0.25, 0.3) is 0 Å². The smallest absolute Gasteiger partial charge is 0.338 e. The van der Waals surface area contributed by atoms with E-state index in [0.29, 0.717) is 25.7 Å². The first-order chi connectivity index (χ1) is 40.5. The van der Waals surface area contributed by atoms with Crippen molar-refractivity contribution in [2.75, 3.05) is 26.9 Å². The number of rotatable bonds is 26. The number of carbonyl (C=O) groups is 7. The van der Waals surface area contributed by atoms with Gasteiger partial charge in [-0.15, -0.1) is 0 Å². The van der Waals surface area contributed by atoms with E-state index in [1.165, 1.54) is 79.9 Å². The van der Waals surface area contributed by atoms with Crippen molar-refractivity contribution >= 4 is 41.8 Å². The summed E-state index contributed by atoms with van der Waals surface area (Å²) in [5, 5.41) is 12.3. The molecule has 0 radical (unpaired) electrons. The number of ether oxygens (including phenoxy) is 11. The summed E-state index contributed by atoms with van der Waals surface area (Å²) in [6, 6.07) is 47.3. The molecule has 0 saturated carbocycles. The lowest BCUT2D eigenvalue weighted by molar-refractivity contribution is -0.356. The highest BCUT2D eigenvalue weighted by Gasteiger charge is 2.57. The van der Waals surface area contributed by atoms with Gasteiger partial charge in [0.25, 0.3) is 0 Å². The summed E-state index contributed by atoms with van der Waals surface area (Å²) in [6.45, 7) is -1.33. The van der Waals surface area contributed by atoms with E-state index in [4.69, 9.17) is 52.1 Å². The Morgan fingerprint density at radius 1 is 0.386 bits per heavy atom. The van der Waals surface area contributed by atoms with Crippen LogP contribution in [0, 0.1) is 0 Å². The predicted molar refractivity (Wildman–Crippen MR) is 295 cm³/mol. The zero-order valence-electron chi connectivity index (χ0n) is 45.5. The molecular weight excluding hydrogens is 1070 g/mol. The van der Waals surface area contributed by atoms with Gasteiger partial charge in [0.15, 0.2) is 37.0 Å². The molecule has 19 nitrogen and oxygen atoms in total. The zero-order valence-corrected chi connectivity index (χ0v) is 45.5. The zero-order chi connectivity index (χ0) is 58.3.